The third-order valence-electron chi connectivity index (χ3n) is 5.65. The van der Waals surface area contributed by atoms with Crippen LogP contribution < -0.4 is 0 Å². The summed E-state index contributed by atoms with van der Waals surface area (Å²) in [5.41, 5.74) is 6.40. The highest BCUT2D eigenvalue weighted by Crippen LogP contribution is 2.57. The monoisotopic (exact) mass is 391 g/mol. The van der Waals surface area contributed by atoms with Crippen molar-refractivity contribution in [2.45, 2.75) is 52.0 Å². The number of benzene rings is 1. The van der Waals surface area contributed by atoms with E-state index in [-0.39, 0.29) is 5.41 Å². The maximum atomic E-state index is 2.66. The van der Waals surface area contributed by atoms with Gasteiger partial charge in [0.1, 0.15) is 0 Å². The quantitative estimate of drug-likeness (QED) is 0.577. The number of aromatic nitrogens is 1. The van der Waals surface area contributed by atoms with E-state index in [9.17, 15) is 0 Å². The lowest BCUT2D eigenvalue weighted by Crippen LogP contribution is -2.34. The van der Waals surface area contributed by atoms with Crippen LogP contribution in [0.4, 0.5) is 0 Å². The maximum absolute atomic E-state index is 2.66. The summed E-state index contributed by atoms with van der Waals surface area (Å²) < 4.78 is 4.24. The van der Waals surface area contributed by atoms with E-state index in [1.807, 2.05) is 0 Å². The minimum Gasteiger partial charge on any atom is -0.339 e. The Morgan fingerprint density at radius 3 is 2.67 bits per heavy atom. The zero-order valence-corrected chi connectivity index (χ0v) is 15.2. The lowest BCUT2D eigenvalue weighted by Gasteiger charge is -2.38. The highest BCUT2D eigenvalue weighted by atomic mass is 127. The number of hydrogen-bond donors (Lipinski definition) is 0. The molecule has 1 nitrogen and oxygen atoms in total. The van der Waals surface area contributed by atoms with Gasteiger partial charge in [-0.25, -0.2) is 0 Å². The predicted molar refractivity (Wildman–Crippen MR) is 98.1 cm³/mol. The van der Waals surface area contributed by atoms with E-state index in [4.69, 9.17) is 0 Å². The molecule has 4 rings (SSSR count). The van der Waals surface area contributed by atoms with Gasteiger partial charge in [-0.1, -0.05) is 25.1 Å². The second-order valence-electron chi connectivity index (χ2n) is 6.82. The van der Waals surface area contributed by atoms with Crippen molar-refractivity contribution in [2.24, 2.45) is 5.92 Å². The van der Waals surface area contributed by atoms with Gasteiger partial charge in [-0.15, -0.1) is 0 Å². The summed E-state index contributed by atoms with van der Waals surface area (Å²) in [6.07, 6.45) is 3.95. The molecule has 21 heavy (non-hydrogen) atoms. The molecule has 0 bridgehead atoms. The molecule has 0 saturated heterocycles. The highest BCUT2D eigenvalue weighted by Gasteiger charge is 2.49. The van der Waals surface area contributed by atoms with Gasteiger partial charge in [-0.3, -0.25) is 0 Å². The van der Waals surface area contributed by atoms with E-state index in [1.54, 1.807) is 14.8 Å². The summed E-state index contributed by atoms with van der Waals surface area (Å²) in [6.45, 7) is 8.22. The van der Waals surface area contributed by atoms with Gasteiger partial charge in [0.15, 0.2) is 0 Å². The van der Waals surface area contributed by atoms with Crippen LogP contribution >= 0.6 is 22.6 Å². The molecule has 110 valence electrons. The fourth-order valence-corrected chi connectivity index (χ4v) is 5.59. The molecule has 0 spiro atoms. The van der Waals surface area contributed by atoms with E-state index in [1.165, 1.54) is 35.7 Å². The van der Waals surface area contributed by atoms with Crippen LogP contribution in [-0.2, 0) is 12.0 Å². The fourth-order valence-electron chi connectivity index (χ4n) is 4.34. The van der Waals surface area contributed by atoms with Crippen LogP contribution in [0.25, 0.3) is 10.9 Å². The fraction of sp³-hybridized carbons (Fsp3) is 0.474. The van der Waals surface area contributed by atoms with E-state index in [0.29, 0.717) is 0 Å². The van der Waals surface area contributed by atoms with Crippen LogP contribution in [0.2, 0.25) is 0 Å². The van der Waals surface area contributed by atoms with E-state index in [0.717, 1.165) is 12.5 Å². The van der Waals surface area contributed by atoms with Crippen molar-refractivity contribution in [2.75, 3.05) is 0 Å². The summed E-state index contributed by atoms with van der Waals surface area (Å²) in [6, 6.07) is 8.94. The van der Waals surface area contributed by atoms with Crippen LogP contribution in [0.1, 0.15) is 44.4 Å². The van der Waals surface area contributed by atoms with Crippen molar-refractivity contribution in [1.82, 2.24) is 4.57 Å². The molecule has 0 N–H and O–H groups in total. The highest BCUT2D eigenvalue weighted by molar-refractivity contribution is 14.1. The van der Waals surface area contributed by atoms with Crippen LogP contribution in [0, 0.1) is 12.8 Å². The molecule has 1 aromatic carbocycles. The molecule has 1 aliphatic heterocycles. The Bertz CT molecular complexity index is 763. The van der Waals surface area contributed by atoms with Crippen molar-refractivity contribution < 1.29 is 0 Å². The smallest absolute Gasteiger partial charge is 0.0488 e. The molecular formula is C19H22IN. The van der Waals surface area contributed by atoms with Crippen molar-refractivity contribution >= 4 is 33.5 Å². The summed E-state index contributed by atoms with van der Waals surface area (Å²) in [5.74, 6) is 0.841. The molecule has 1 atom stereocenters. The van der Waals surface area contributed by atoms with Gasteiger partial charge in [-0.05, 0) is 78.8 Å². The first-order valence-electron chi connectivity index (χ1n) is 8.05. The Balaban J connectivity index is 2.08. The van der Waals surface area contributed by atoms with E-state index >= 15 is 0 Å². The van der Waals surface area contributed by atoms with Gasteiger partial charge >= 0.3 is 0 Å². The number of hydrogen-bond acceptors (Lipinski definition) is 0. The molecule has 1 aliphatic carbocycles. The summed E-state index contributed by atoms with van der Waals surface area (Å²) in [7, 11) is 0. The average Bonchev–Trinajstić information content (AvgIpc) is 3.30. The largest absolute Gasteiger partial charge is 0.339 e. The Morgan fingerprint density at radius 2 is 2.00 bits per heavy atom. The third kappa shape index (κ3) is 1.74. The number of rotatable bonds is 2. The average molecular weight is 391 g/mol. The molecular weight excluding hydrogens is 369 g/mol. The van der Waals surface area contributed by atoms with E-state index < -0.39 is 0 Å². The molecule has 1 unspecified atom stereocenters. The Hall–Kier alpha value is -0.770. The molecule has 0 radical (unpaired) electrons. The van der Waals surface area contributed by atoms with Gasteiger partial charge in [0.25, 0.3) is 0 Å². The Kier molecular flexibility index (Phi) is 3.04. The zero-order chi connectivity index (χ0) is 14.8. The second kappa shape index (κ2) is 4.61. The summed E-state index contributed by atoms with van der Waals surface area (Å²) in [5, 5.41) is 1.45. The Labute approximate surface area is 140 Å². The van der Waals surface area contributed by atoms with E-state index in [2.05, 4.69) is 72.2 Å². The standard InChI is InChI=1S/C19H22IN/c1-4-13-11-21-16-8-6-5-7-15(16)12(2)18(21)19(3,17(13)20)14-9-10-14/h5-8,14H,4,9-11H2,1-3H3. The molecule has 1 saturated carbocycles. The van der Waals surface area contributed by atoms with Crippen molar-refractivity contribution in [3.05, 3.63) is 44.7 Å². The lowest BCUT2D eigenvalue weighted by atomic mass is 9.76. The third-order valence-corrected chi connectivity index (χ3v) is 7.54. The molecule has 0 amide bonds. The maximum Gasteiger partial charge on any atom is 0.0488 e. The minimum absolute atomic E-state index is 0.243. The first-order chi connectivity index (χ1) is 10.1. The zero-order valence-electron chi connectivity index (χ0n) is 13.0. The number of nitrogens with zero attached hydrogens (tertiary/aromatic N) is 1. The van der Waals surface area contributed by atoms with Gasteiger partial charge in [0.2, 0.25) is 0 Å². The Morgan fingerprint density at radius 1 is 1.29 bits per heavy atom. The van der Waals surface area contributed by atoms with Crippen molar-refractivity contribution in [3.63, 3.8) is 0 Å². The molecule has 2 aromatic rings. The number of allylic oxidation sites excluding steroid dienone is 2. The lowest BCUT2D eigenvalue weighted by molar-refractivity contribution is 0.445. The molecule has 1 aromatic heterocycles. The van der Waals surface area contributed by atoms with Crippen LogP contribution in [0.5, 0.6) is 0 Å². The van der Waals surface area contributed by atoms with Crippen LogP contribution in [0.3, 0.4) is 0 Å². The summed E-state index contributed by atoms with van der Waals surface area (Å²) in [4.78, 5) is 0. The topological polar surface area (TPSA) is 4.93 Å². The van der Waals surface area contributed by atoms with Crippen molar-refractivity contribution in [3.8, 4) is 0 Å². The van der Waals surface area contributed by atoms with Crippen LogP contribution in [-0.4, -0.2) is 4.57 Å². The van der Waals surface area contributed by atoms with Crippen molar-refractivity contribution in [1.29, 1.82) is 0 Å². The van der Waals surface area contributed by atoms with Gasteiger partial charge in [-0.2, -0.15) is 0 Å². The normalized spacial score (nSPS) is 25.5. The van der Waals surface area contributed by atoms with Crippen LogP contribution in [0.15, 0.2) is 33.4 Å². The SMILES string of the molecule is CCC1=C(I)C(C)(C2CC2)c2c(C)c3ccccc3n2C1. The first-order valence-corrected chi connectivity index (χ1v) is 9.13. The van der Waals surface area contributed by atoms with Gasteiger partial charge < -0.3 is 4.57 Å². The predicted octanol–water partition coefficient (Wildman–Crippen LogP) is 5.73. The molecule has 2 aliphatic rings. The summed E-state index contributed by atoms with van der Waals surface area (Å²) >= 11 is 2.66. The van der Waals surface area contributed by atoms with Gasteiger partial charge in [0, 0.05) is 32.1 Å². The molecule has 1 fully saturated rings. The van der Waals surface area contributed by atoms with Gasteiger partial charge in [0.05, 0.1) is 0 Å². The number of aryl methyl sites for hydroxylation is 1. The minimum atomic E-state index is 0.243. The number of para-hydroxylation sites is 1. The number of fused-ring (bicyclic) bond motifs is 3. The second-order valence-corrected chi connectivity index (χ2v) is 7.90. The first kappa shape index (κ1) is 13.9. The number of halogens is 1. The molecule has 2 heteroatoms. The molecule has 2 heterocycles.